The Hall–Kier alpha value is -2.24. The maximum Gasteiger partial charge on any atom is 0.319 e. The van der Waals surface area contributed by atoms with Crippen molar-refractivity contribution in [1.82, 2.24) is 5.32 Å². The van der Waals surface area contributed by atoms with Crippen molar-refractivity contribution in [2.45, 2.75) is 26.3 Å². The Labute approximate surface area is 162 Å². The lowest BCUT2D eigenvalue weighted by atomic mass is 10.1. The van der Waals surface area contributed by atoms with Crippen molar-refractivity contribution in [3.05, 3.63) is 57.6 Å². The van der Waals surface area contributed by atoms with Crippen molar-refractivity contribution in [2.75, 3.05) is 16.8 Å². The van der Waals surface area contributed by atoms with Crippen molar-refractivity contribution in [3.63, 3.8) is 0 Å². The lowest BCUT2D eigenvalue weighted by Gasteiger charge is -2.18. The van der Waals surface area contributed by atoms with Gasteiger partial charge in [0.1, 0.15) is 0 Å². The molecule has 0 spiro atoms. The molecule has 2 aromatic rings. The number of benzene rings is 2. The second-order valence-corrected chi connectivity index (χ2v) is 7.24. The largest absolute Gasteiger partial charge is 0.333 e. The number of hydrogen-bond donors (Lipinski definition) is 2. The van der Waals surface area contributed by atoms with Gasteiger partial charge in [0.25, 0.3) is 0 Å². The smallest absolute Gasteiger partial charge is 0.319 e. The molecule has 1 unspecified atom stereocenters. The third-order valence-electron chi connectivity index (χ3n) is 4.44. The number of anilines is 2. The maximum absolute atomic E-state index is 12.3. The minimum atomic E-state index is -0.408. The Bertz CT molecular complexity index is 870. The van der Waals surface area contributed by atoms with E-state index in [1.165, 1.54) is 5.56 Å². The van der Waals surface area contributed by atoms with E-state index in [1.807, 2.05) is 32.0 Å². The molecule has 26 heavy (non-hydrogen) atoms. The lowest BCUT2D eigenvalue weighted by Crippen LogP contribution is -2.39. The molecule has 0 radical (unpaired) electrons. The van der Waals surface area contributed by atoms with Crippen LogP contribution in [0.5, 0.6) is 0 Å². The molecule has 0 saturated carbocycles. The van der Waals surface area contributed by atoms with E-state index in [0.29, 0.717) is 22.3 Å². The highest BCUT2D eigenvalue weighted by molar-refractivity contribution is 6.36. The zero-order chi connectivity index (χ0) is 18.8. The standard InChI is InChI=1S/C19H19Cl2N3O2/c1-11-3-5-15(7-12(11)2)24-10-14(9-18(24)25)22-19(26)23-17-6-4-13(20)8-16(17)21/h3-8,14H,9-10H2,1-2H3,(H2,22,23,26). The van der Waals surface area contributed by atoms with E-state index in [4.69, 9.17) is 23.2 Å². The number of aryl methyl sites for hydroxylation is 2. The summed E-state index contributed by atoms with van der Waals surface area (Å²) in [6, 6.07) is 10.1. The molecule has 2 N–H and O–H groups in total. The van der Waals surface area contributed by atoms with Crippen LogP contribution in [0, 0.1) is 13.8 Å². The molecule has 136 valence electrons. The Morgan fingerprint density at radius 2 is 1.88 bits per heavy atom. The summed E-state index contributed by atoms with van der Waals surface area (Å²) in [5.41, 5.74) is 3.61. The monoisotopic (exact) mass is 391 g/mol. The average Bonchev–Trinajstić information content (AvgIpc) is 2.93. The molecule has 1 aliphatic rings. The van der Waals surface area contributed by atoms with E-state index in [-0.39, 0.29) is 18.4 Å². The number of hydrogen-bond acceptors (Lipinski definition) is 2. The number of nitrogens with one attached hydrogen (secondary N) is 2. The van der Waals surface area contributed by atoms with Crippen molar-refractivity contribution >= 4 is 46.5 Å². The van der Waals surface area contributed by atoms with Crippen molar-refractivity contribution in [3.8, 4) is 0 Å². The molecule has 1 heterocycles. The highest BCUT2D eigenvalue weighted by Gasteiger charge is 2.31. The molecular weight excluding hydrogens is 373 g/mol. The number of carbonyl (C=O) groups excluding carboxylic acids is 2. The van der Waals surface area contributed by atoms with Gasteiger partial charge in [-0.15, -0.1) is 0 Å². The summed E-state index contributed by atoms with van der Waals surface area (Å²) < 4.78 is 0. The van der Waals surface area contributed by atoms with Crippen LogP contribution in [0.3, 0.4) is 0 Å². The second kappa shape index (κ2) is 7.56. The van der Waals surface area contributed by atoms with Gasteiger partial charge >= 0.3 is 6.03 Å². The Kier molecular flexibility index (Phi) is 5.39. The van der Waals surface area contributed by atoms with Gasteiger partial charge < -0.3 is 15.5 Å². The van der Waals surface area contributed by atoms with Crippen LogP contribution in [-0.4, -0.2) is 24.5 Å². The summed E-state index contributed by atoms with van der Waals surface area (Å²) in [5.74, 6) is -0.0110. The van der Waals surface area contributed by atoms with Crippen molar-refractivity contribution < 1.29 is 9.59 Å². The van der Waals surface area contributed by atoms with Crippen LogP contribution in [-0.2, 0) is 4.79 Å². The SMILES string of the molecule is Cc1ccc(N2CC(NC(=O)Nc3ccc(Cl)cc3Cl)CC2=O)cc1C. The molecule has 0 aromatic heterocycles. The molecule has 2 aromatic carbocycles. The molecular formula is C19H19Cl2N3O2. The highest BCUT2D eigenvalue weighted by Crippen LogP contribution is 2.26. The quantitative estimate of drug-likeness (QED) is 0.806. The molecule has 3 rings (SSSR count). The van der Waals surface area contributed by atoms with Gasteiger partial charge in [-0.2, -0.15) is 0 Å². The maximum atomic E-state index is 12.3. The van der Waals surface area contributed by atoms with Crippen LogP contribution >= 0.6 is 23.2 Å². The van der Waals surface area contributed by atoms with Gasteiger partial charge in [-0.1, -0.05) is 29.3 Å². The molecule has 5 nitrogen and oxygen atoms in total. The number of halogens is 2. The molecule has 1 saturated heterocycles. The predicted molar refractivity (Wildman–Crippen MR) is 105 cm³/mol. The summed E-state index contributed by atoms with van der Waals surface area (Å²) >= 11 is 11.9. The van der Waals surface area contributed by atoms with Crippen LogP contribution in [0.15, 0.2) is 36.4 Å². The number of urea groups is 1. The van der Waals surface area contributed by atoms with Crippen LogP contribution in [0.25, 0.3) is 0 Å². The van der Waals surface area contributed by atoms with E-state index in [1.54, 1.807) is 23.1 Å². The van der Waals surface area contributed by atoms with Gasteiger partial charge in [0.05, 0.1) is 16.8 Å². The van der Waals surface area contributed by atoms with Crippen LogP contribution in [0.4, 0.5) is 16.2 Å². The number of rotatable bonds is 3. The van der Waals surface area contributed by atoms with Crippen LogP contribution in [0.1, 0.15) is 17.5 Å². The number of amides is 3. The molecule has 0 aliphatic carbocycles. The lowest BCUT2D eigenvalue weighted by molar-refractivity contribution is -0.117. The van der Waals surface area contributed by atoms with Gasteiger partial charge in [0, 0.05) is 23.7 Å². The summed E-state index contributed by atoms with van der Waals surface area (Å²) in [4.78, 5) is 26.2. The first-order valence-corrected chi connectivity index (χ1v) is 8.99. The summed E-state index contributed by atoms with van der Waals surface area (Å²) in [6.07, 6.45) is 0.259. The van der Waals surface area contributed by atoms with E-state index >= 15 is 0 Å². The minimum Gasteiger partial charge on any atom is -0.333 e. The zero-order valence-corrected chi connectivity index (χ0v) is 16.0. The summed E-state index contributed by atoms with van der Waals surface area (Å²) in [5, 5.41) is 6.35. The van der Waals surface area contributed by atoms with Gasteiger partial charge in [-0.3, -0.25) is 4.79 Å². The Balaban J connectivity index is 1.63. The first-order valence-electron chi connectivity index (χ1n) is 8.23. The number of nitrogens with zero attached hydrogens (tertiary/aromatic N) is 1. The van der Waals surface area contributed by atoms with Gasteiger partial charge in [-0.05, 0) is 55.3 Å². The average molecular weight is 392 g/mol. The van der Waals surface area contributed by atoms with Gasteiger partial charge in [0.15, 0.2) is 0 Å². The topological polar surface area (TPSA) is 61.4 Å². The summed E-state index contributed by atoms with van der Waals surface area (Å²) in [7, 11) is 0. The minimum absolute atomic E-state index is 0.0110. The van der Waals surface area contributed by atoms with Crippen molar-refractivity contribution in [2.24, 2.45) is 0 Å². The second-order valence-electron chi connectivity index (χ2n) is 6.40. The van der Waals surface area contributed by atoms with Gasteiger partial charge in [-0.25, -0.2) is 4.79 Å². The fourth-order valence-electron chi connectivity index (χ4n) is 2.88. The molecule has 1 atom stereocenters. The fourth-order valence-corrected chi connectivity index (χ4v) is 3.34. The van der Waals surface area contributed by atoms with E-state index in [2.05, 4.69) is 10.6 Å². The zero-order valence-electron chi connectivity index (χ0n) is 14.5. The highest BCUT2D eigenvalue weighted by atomic mass is 35.5. The third-order valence-corrected chi connectivity index (χ3v) is 4.99. The molecule has 1 fully saturated rings. The Morgan fingerprint density at radius 1 is 1.12 bits per heavy atom. The van der Waals surface area contributed by atoms with E-state index in [9.17, 15) is 9.59 Å². The van der Waals surface area contributed by atoms with Crippen LogP contribution in [0.2, 0.25) is 10.0 Å². The van der Waals surface area contributed by atoms with Crippen LogP contribution < -0.4 is 15.5 Å². The first kappa shape index (κ1) is 18.5. The van der Waals surface area contributed by atoms with E-state index in [0.717, 1.165) is 11.3 Å². The van der Waals surface area contributed by atoms with Gasteiger partial charge in [0.2, 0.25) is 5.91 Å². The van der Waals surface area contributed by atoms with Crippen molar-refractivity contribution in [1.29, 1.82) is 0 Å². The van der Waals surface area contributed by atoms with E-state index < -0.39 is 6.03 Å². The predicted octanol–water partition coefficient (Wildman–Crippen LogP) is 4.54. The molecule has 0 bridgehead atoms. The molecule has 7 heteroatoms. The fraction of sp³-hybridized carbons (Fsp3) is 0.263. The Morgan fingerprint density at radius 3 is 2.58 bits per heavy atom. The molecule has 1 aliphatic heterocycles. The summed E-state index contributed by atoms with van der Waals surface area (Å²) in [6.45, 7) is 4.48. The third kappa shape index (κ3) is 4.11. The normalized spacial score (nSPS) is 16.7. The first-order chi connectivity index (χ1) is 12.3. The number of carbonyl (C=O) groups is 2. The molecule has 3 amide bonds.